The average molecular weight is 368 g/mol. The molecule has 0 fully saturated rings. The third-order valence-electron chi connectivity index (χ3n) is 5.60. The summed E-state index contributed by atoms with van der Waals surface area (Å²) in [5, 5.41) is 3.18. The van der Waals surface area contributed by atoms with Gasteiger partial charge in [0.1, 0.15) is 0 Å². The smallest absolute Gasteiger partial charge is 0.220 e. The van der Waals surface area contributed by atoms with E-state index in [2.05, 4.69) is 33.0 Å². The lowest BCUT2D eigenvalue weighted by atomic mass is 10.0. The summed E-state index contributed by atoms with van der Waals surface area (Å²) in [7, 11) is 0. The SMILES string of the molecule is CCCCCCCCCCCCCCCCCC(=O)N[C@@H](CC)C(C)C. The maximum absolute atomic E-state index is 11.9. The van der Waals surface area contributed by atoms with E-state index in [4.69, 9.17) is 0 Å². The van der Waals surface area contributed by atoms with Crippen LogP contribution < -0.4 is 5.32 Å². The molecule has 2 heteroatoms. The zero-order chi connectivity index (χ0) is 19.5. The number of carbonyl (C=O) groups is 1. The van der Waals surface area contributed by atoms with Gasteiger partial charge in [-0.2, -0.15) is 0 Å². The van der Waals surface area contributed by atoms with Gasteiger partial charge in [-0.25, -0.2) is 0 Å². The molecule has 1 N–H and O–H groups in total. The summed E-state index contributed by atoms with van der Waals surface area (Å²) in [5.41, 5.74) is 0. The predicted molar refractivity (Wildman–Crippen MR) is 117 cm³/mol. The Labute approximate surface area is 165 Å². The van der Waals surface area contributed by atoms with E-state index in [0.717, 1.165) is 12.8 Å². The Morgan fingerprint density at radius 2 is 1.04 bits per heavy atom. The van der Waals surface area contributed by atoms with Crippen LogP contribution in [-0.2, 0) is 4.79 Å². The van der Waals surface area contributed by atoms with E-state index < -0.39 is 0 Å². The van der Waals surface area contributed by atoms with Crippen molar-refractivity contribution in [3.63, 3.8) is 0 Å². The summed E-state index contributed by atoms with van der Waals surface area (Å²) in [6.45, 7) is 8.80. The molecule has 0 radical (unpaired) electrons. The lowest BCUT2D eigenvalue weighted by Crippen LogP contribution is -2.37. The molecule has 1 amide bonds. The minimum absolute atomic E-state index is 0.250. The zero-order valence-corrected chi connectivity index (χ0v) is 18.6. The van der Waals surface area contributed by atoms with Gasteiger partial charge in [-0.15, -0.1) is 0 Å². The van der Waals surface area contributed by atoms with Gasteiger partial charge in [-0.3, -0.25) is 4.79 Å². The lowest BCUT2D eigenvalue weighted by Gasteiger charge is -2.20. The quantitative estimate of drug-likeness (QED) is 0.232. The van der Waals surface area contributed by atoms with E-state index in [1.165, 1.54) is 89.9 Å². The first kappa shape index (κ1) is 25.5. The minimum atomic E-state index is 0.250. The second-order valence-electron chi connectivity index (χ2n) is 8.53. The Morgan fingerprint density at radius 1 is 0.654 bits per heavy atom. The van der Waals surface area contributed by atoms with Crippen molar-refractivity contribution in [2.75, 3.05) is 0 Å². The summed E-state index contributed by atoms with van der Waals surface area (Å²) in [5.74, 6) is 0.783. The number of amides is 1. The molecule has 26 heavy (non-hydrogen) atoms. The summed E-state index contributed by atoms with van der Waals surface area (Å²) < 4.78 is 0. The molecule has 1 atom stereocenters. The Kier molecular flexibility index (Phi) is 18.8. The number of rotatable bonds is 19. The molecule has 0 aliphatic carbocycles. The Morgan fingerprint density at radius 3 is 1.38 bits per heavy atom. The molecular formula is C24H49NO. The van der Waals surface area contributed by atoms with Crippen molar-refractivity contribution in [1.29, 1.82) is 0 Å². The average Bonchev–Trinajstić information content (AvgIpc) is 2.62. The van der Waals surface area contributed by atoms with E-state index in [1.807, 2.05) is 0 Å². The third kappa shape index (κ3) is 16.9. The predicted octanol–water partition coefficient (Wildman–Crippen LogP) is 7.80. The Bertz CT molecular complexity index is 301. The zero-order valence-electron chi connectivity index (χ0n) is 18.6. The van der Waals surface area contributed by atoms with Gasteiger partial charge in [0.15, 0.2) is 0 Å². The maximum atomic E-state index is 11.9. The van der Waals surface area contributed by atoms with Gasteiger partial charge in [0.25, 0.3) is 0 Å². The topological polar surface area (TPSA) is 29.1 Å². The van der Waals surface area contributed by atoms with Gasteiger partial charge in [-0.1, -0.05) is 118 Å². The second kappa shape index (κ2) is 19.2. The molecule has 0 aromatic rings. The molecule has 0 bridgehead atoms. The fraction of sp³-hybridized carbons (Fsp3) is 0.958. The number of carbonyl (C=O) groups excluding carboxylic acids is 1. The van der Waals surface area contributed by atoms with Gasteiger partial charge >= 0.3 is 0 Å². The maximum Gasteiger partial charge on any atom is 0.220 e. The van der Waals surface area contributed by atoms with Crippen molar-refractivity contribution in [3.8, 4) is 0 Å². The second-order valence-corrected chi connectivity index (χ2v) is 8.53. The van der Waals surface area contributed by atoms with E-state index in [-0.39, 0.29) is 5.91 Å². The first-order valence-electron chi connectivity index (χ1n) is 11.9. The molecule has 0 rings (SSSR count). The molecule has 0 heterocycles. The lowest BCUT2D eigenvalue weighted by molar-refractivity contribution is -0.122. The van der Waals surface area contributed by atoms with Crippen LogP contribution in [0.5, 0.6) is 0 Å². The van der Waals surface area contributed by atoms with E-state index in [1.54, 1.807) is 0 Å². The summed E-state index contributed by atoms with van der Waals surface area (Å²) in [4.78, 5) is 11.9. The third-order valence-corrected chi connectivity index (χ3v) is 5.60. The van der Waals surface area contributed by atoms with Crippen LogP contribution in [0.1, 0.15) is 137 Å². The number of hydrogen-bond donors (Lipinski definition) is 1. The molecule has 156 valence electrons. The first-order chi connectivity index (χ1) is 12.6. The van der Waals surface area contributed by atoms with Gasteiger partial charge in [0, 0.05) is 12.5 Å². The van der Waals surface area contributed by atoms with Crippen LogP contribution in [0.2, 0.25) is 0 Å². The van der Waals surface area contributed by atoms with Crippen LogP contribution in [0, 0.1) is 5.92 Å². The summed E-state index contributed by atoms with van der Waals surface area (Å²) >= 11 is 0. The van der Waals surface area contributed by atoms with Crippen molar-refractivity contribution >= 4 is 5.91 Å². The molecule has 0 aromatic heterocycles. The number of unbranched alkanes of at least 4 members (excludes halogenated alkanes) is 14. The molecule has 0 aliphatic rings. The number of hydrogen-bond acceptors (Lipinski definition) is 1. The van der Waals surface area contributed by atoms with Crippen molar-refractivity contribution in [3.05, 3.63) is 0 Å². The molecule has 0 unspecified atom stereocenters. The van der Waals surface area contributed by atoms with Crippen LogP contribution in [0.15, 0.2) is 0 Å². The summed E-state index contributed by atoms with van der Waals surface area (Å²) in [6, 6.07) is 0.346. The molecule has 0 spiro atoms. The van der Waals surface area contributed by atoms with Crippen molar-refractivity contribution in [2.45, 2.75) is 143 Å². The van der Waals surface area contributed by atoms with Crippen LogP contribution in [-0.4, -0.2) is 11.9 Å². The molecule has 0 aromatic carbocycles. The highest BCUT2D eigenvalue weighted by molar-refractivity contribution is 5.76. The fourth-order valence-corrected chi connectivity index (χ4v) is 3.68. The molecule has 0 saturated carbocycles. The van der Waals surface area contributed by atoms with Crippen LogP contribution in [0.25, 0.3) is 0 Å². The minimum Gasteiger partial charge on any atom is -0.353 e. The first-order valence-corrected chi connectivity index (χ1v) is 11.9. The highest BCUT2D eigenvalue weighted by Gasteiger charge is 2.13. The Balaban J connectivity index is 3.25. The van der Waals surface area contributed by atoms with Gasteiger partial charge in [0.05, 0.1) is 0 Å². The van der Waals surface area contributed by atoms with Crippen molar-refractivity contribution in [1.82, 2.24) is 5.32 Å². The van der Waals surface area contributed by atoms with Gasteiger partial charge < -0.3 is 5.32 Å². The molecule has 0 aliphatic heterocycles. The molecule has 0 saturated heterocycles. The number of nitrogens with one attached hydrogen (secondary N) is 1. The van der Waals surface area contributed by atoms with Crippen molar-refractivity contribution < 1.29 is 4.79 Å². The fourth-order valence-electron chi connectivity index (χ4n) is 3.68. The van der Waals surface area contributed by atoms with Gasteiger partial charge in [-0.05, 0) is 18.8 Å². The van der Waals surface area contributed by atoms with E-state index >= 15 is 0 Å². The standard InChI is InChI=1S/C24H49NO/c1-5-7-8-9-10-11-12-13-14-15-16-17-18-19-20-21-24(26)25-23(6-2)22(3)4/h22-23H,5-21H2,1-4H3,(H,25,26)/t23-/m0/s1. The molecular weight excluding hydrogens is 318 g/mol. The highest BCUT2D eigenvalue weighted by atomic mass is 16.1. The van der Waals surface area contributed by atoms with E-state index in [0.29, 0.717) is 18.4 Å². The monoisotopic (exact) mass is 367 g/mol. The van der Waals surface area contributed by atoms with Crippen LogP contribution in [0.3, 0.4) is 0 Å². The molecule has 2 nitrogen and oxygen atoms in total. The Hall–Kier alpha value is -0.530. The normalized spacial score (nSPS) is 12.5. The van der Waals surface area contributed by atoms with E-state index in [9.17, 15) is 4.79 Å². The van der Waals surface area contributed by atoms with Crippen LogP contribution in [0.4, 0.5) is 0 Å². The van der Waals surface area contributed by atoms with Crippen LogP contribution >= 0.6 is 0 Å². The largest absolute Gasteiger partial charge is 0.353 e. The van der Waals surface area contributed by atoms with Crippen molar-refractivity contribution in [2.24, 2.45) is 5.92 Å². The highest BCUT2D eigenvalue weighted by Crippen LogP contribution is 2.14. The summed E-state index contributed by atoms with van der Waals surface area (Å²) in [6.07, 6.45) is 22.3. The van der Waals surface area contributed by atoms with Gasteiger partial charge in [0.2, 0.25) is 5.91 Å².